The first-order valence-corrected chi connectivity index (χ1v) is 7.11. The lowest BCUT2D eigenvalue weighted by molar-refractivity contribution is 0.0768. The largest absolute Gasteiger partial charge is 0.466 e. The third-order valence-electron chi connectivity index (χ3n) is 3.35. The molecule has 0 N–H and O–H groups in total. The topological polar surface area (TPSA) is 85.3 Å². The summed E-state index contributed by atoms with van der Waals surface area (Å²) in [7, 11) is 1.68. The van der Waals surface area contributed by atoms with Gasteiger partial charge in [0.2, 0.25) is 11.7 Å². The number of hydrogen-bond donors (Lipinski definition) is 0. The Kier molecular flexibility index (Phi) is 3.92. The summed E-state index contributed by atoms with van der Waals surface area (Å²) in [5, 5.41) is 3.89. The van der Waals surface area contributed by atoms with Gasteiger partial charge in [0.1, 0.15) is 23.8 Å². The lowest BCUT2D eigenvalue weighted by atomic mass is 10.2. The Morgan fingerprint density at radius 2 is 2.13 bits per heavy atom. The molecule has 7 nitrogen and oxygen atoms in total. The molecule has 0 unspecified atom stereocenters. The fourth-order valence-corrected chi connectivity index (χ4v) is 2.24. The number of carbonyl (C=O) groups is 1. The van der Waals surface area contributed by atoms with E-state index in [9.17, 15) is 4.79 Å². The quantitative estimate of drug-likeness (QED) is 0.736. The van der Waals surface area contributed by atoms with Crippen molar-refractivity contribution >= 4 is 5.91 Å². The average Bonchev–Trinajstić information content (AvgIpc) is 3.13. The number of aryl methyl sites for hydroxylation is 2. The van der Waals surface area contributed by atoms with Crippen LogP contribution in [0, 0.1) is 13.8 Å². The van der Waals surface area contributed by atoms with Crippen LogP contribution in [0.5, 0.6) is 0 Å². The van der Waals surface area contributed by atoms with Gasteiger partial charge in [-0.25, -0.2) is 0 Å². The second-order valence-electron chi connectivity index (χ2n) is 5.21. The van der Waals surface area contributed by atoms with Crippen LogP contribution in [0.3, 0.4) is 0 Å². The number of pyridine rings is 1. The summed E-state index contributed by atoms with van der Waals surface area (Å²) >= 11 is 0. The summed E-state index contributed by atoms with van der Waals surface area (Å²) in [5.41, 5.74) is 1.16. The van der Waals surface area contributed by atoms with Crippen LogP contribution in [-0.4, -0.2) is 33.0 Å². The molecule has 0 spiro atoms. The van der Waals surface area contributed by atoms with E-state index >= 15 is 0 Å². The third kappa shape index (κ3) is 3.13. The van der Waals surface area contributed by atoms with Crippen molar-refractivity contribution in [3.8, 4) is 11.5 Å². The Labute approximate surface area is 132 Å². The highest BCUT2D eigenvalue weighted by molar-refractivity contribution is 5.95. The number of furan rings is 1. The maximum Gasteiger partial charge on any atom is 0.257 e. The van der Waals surface area contributed by atoms with Gasteiger partial charge in [-0.2, -0.15) is 4.98 Å². The number of aromatic nitrogens is 3. The summed E-state index contributed by atoms with van der Waals surface area (Å²) < 4.78 is 10.6. The normalized spacial score (nSPS) is 10.7. The first-order valence-electron chi connectivity index (χ1n) is 7.11. The number of carbonyl (C=O) groups excluding carboxylic acids is 1. The molecule has 3 aromatic rings. The second-order valence-corrected chi connectivity index (χ2v) is 5.21. The molecule has 1 amide bonds. The molecule has 0 bridgehead atoms. The molecule has 3 rings (SSSR count). The molecular formula is C16H16N4O3. The van der Waals surface area contributed by atoms with Crippen LogP contribution < -0.4 is 0 Å². The van der Waals surface area contributed by atoms with Crippen molar-refractivity contribution in [2.45, 2.75) is 20.4 Å². The van der Waals surface area contributed by atoms with Gasteiger partial charge in [0.15, 0.2) is 0 Å². The maximum atomic E-state index is 12.4. The molecule has 118 valence electrons. The zero-order valence-corrected chi connectivity index (χ0v) is 13.1. The molecule has 7 heteroatoms. The predicted octanol–water partition coefficient (Wildman–Crippen LogP) is 2.61. The van der Waals surface area contributed by atoms with Crippen molar-refractivity contribution in [3.63, 3.8) is 0 Å². The highest BCUT2D eigenvalue weighted by Crippen LogP contribution is 2.17. The first-order chi connectivity index (χ1) is 11.0. The summed E-state index contributed by atoms with van der Waals surface area (Å²) in [4.78, 5) is 22.4. The van der Waals surface area contributed by atoms with Gasteiger partial charge in [-0.05, 0) is 32.0 Å². The van der Waals surface area contributed by atoms with Gasteiger partial charge in [-0.15, -0.1) is 0 Å². The van der Waals surface area contributed by atoms with Crippen LogP contribution >= 0.6 is 0 Å². The van der Waals surface area contributed by atoms with Crippen LogP contribution in [0.25, 0.3) is 11.5 Å². The Morgan fingerprint density at radius 1 is 1.30 bits per heavy atom. The fourth-order valence-electron chi connectivity index (χ4n) is 2.24. The van der Waals surface area contributed by atoms with Gasteiger partial charge in [-0.1, -0.05) is 11.2 Å². The standard InChI is InChI=1S/C16H16N4O3/c1-10-8-12(11(2)22-10)16(21)20(3)9-14-18-15(19-23-14)13-6-4-5-7-17-13/h4-8H,9H2,1-3H3. The molecule has 23 heavy (non-hydrogen) atoms. The fraction of sp³-hybridized carbons (Fsp3) is 0.250. The van der Waals surface area contributed by atoms with Crippen molar-refractivity contribution < 1.29 is 13.7 Å². The molecule has 3 aromatic heterocycles. The van der Waals surface area contributed by atoms with Crippen LogP contribution in [-0.2, 0) is 6.54 Å². The zero-order valence-electron chi connectivity index (χ0n) is 13.1. The minimum absolute atomic E-state index is 0.156. The molecule has 0 fully saturated rings. The van der Waals surface area contributed by atoms with E-state index in [1.54, 1.807) is 39.2 Å². The van der Waals surface area contributed by atoms with Gasteiger partial charge in [0.05, 0.1) is 5.56 Å². The summed E-state index contributed by atoms with van der Waals surface area (Å²) in [6.07, 6.45) is 1.66. The van der Waals surface area contributed by atoms with Crippen molar-refractivity contribution in [1.82, 2.24) is 20.0 Å². The van der Waals surface area contributed by atoms with Gasteiger partial charge in [0.25, 0.3) is 5.91 Å². The lowest BCUT2D eigenvalue weighted by Crippen LogP contribution is -2.26. The maximum absolute atomic E-state index is 12.4. The average molecular weight is 312 g/mol. The Hall–Kier alpha value is -2.96. The monoisotopic (exact) mass is 312 g/mol. The van der Waals surface area contributed by atoms with Crippen molar-refractivity contribution in [3.05, 3.63) is 53.4 Å². The molecular weight excluding hydrogens is 296 g/mol. The molecule has 0 aliphatic rings. The molecule has 0 radical (unpaired) electrons. The summed E-state index contributed by atoms with van der Waals surface area (Å²) in [6, 6.07) is 7.17. The molecule has 0 saturated carbocycles. The second kappa shape index (κ2) is 6.04. The summed E-state index contributed by atoms with van der Waals surface area (Å²) in [5.74, 6) is 1.89. The van der Waals surface area contributed by atoms with E-state index in [0.29, 0.717) is 34.5 Å². The van der Waals surface area contributed by atoms with Crippen molar-refractivity contribution in [2.75, 3.05) is 7.05 Å². The van der Waals surface area contributed by atoms with Crippen LogP contribution in [0.15, 0.2) is 39.4 Å². The first kappa shape index (κ1) is 15.0. The number of hydrogen-bond acceptors (Lipinski definition) is 6. The van der Waals surface area contributed by atoms with E-state index in [-0.39, 0.29) is 12.5 Å². The lowest BCUT2D eigenvalue weighted by Gasteiger charge is -2.13. The highest BCUT2D eigenvalue weighted by Gasteiger charge is 2.20. The minimum atomic E-state index is -0.156. The third-order valence-corrected chi connectivity index (χ3v) is 3.35. The van der Waals surface area contributed by atoms with Crippen molar-refractivity contribution in [2.24, 2.45) is 0 Å². The molecule has 3 heterocycles. The van der Waals surface area contributed by atoms with E-state index in [2.05, 4.69) is 15.1 Å². The van der Waals surface area contributed by atoms with Gasteiger partial charge >= 0.3 is 0 Å². The van der Waals surface area contributed by atoms with E-state index < -0.39 is 0 Å². The minimum Gasteiger partial charge on any atom is -0.466 e. The Bertz CT molecular complexity index is 823. The molecule has 0 saturated heterocycles. The van der Waals surface area contributed by atoms with Gasteiger partial charge in [-0.3, -0.25) is 9.78 Å². The van der Waals surface area contributed by atoms with Crippen LogP contribution in [0.2, 0.25) is 0 Å². The van der Waals surface area contributed by atoms with E-state index in [0.717, 1.165) is 0 Å². The predicted molar refractivity (Wildman–Crippen MR) is 81.5 cm³/mol. The van der Waals surface area contributed by atoms with E-state index in [4.69, 9.17) is 8.94 Å². The SMILES string of the molecule is Cc1cc(C(=O)N(C)Cc2nc(-c3ccccn3)no2)c(C)o1. The molecule has 0 aliphatic carbocycles. The number of amides is 1. The summed E-state index contributed by atoms with van der Waals surface area (Å²) in [6.45, 7) is 3.78. The van der Waals surface area contributed by atoms with Crippen LogP contribution in [0.1, 0.15) is 27.8 Å². The molecule has 0 aliphatic heterocycles. The number of nitrogens with zero attached hydrogens (tertiary/aromatic N) is 4. The van der Waals surface area contributed by atoms with E-state index in [1.165, 1.54) is 4.90 Å². The van der Waals surface area contributed by atoms with Gasteiger partial charge < -0.3 is 13.8 Å². The van der Waals surface area contributed by atoms with Gasteiger partial charge in [0, 0.05) is 13.2 Å². The van der Waals surface area contributed by atoms with Crippen LogP contribution in [0.4, 0.5) is 0 Å². The molecule has 0 atom stereocenters. The zero-order chi connectivity index (χ0) is 16.4. The molecule has 0 aromatic carbocycles. The Balaban J connectivity index is 1.73. The highest BCUT2D eigenvalue weighted by atomic mass is 16.5. The van der Waals surface area contributed by atoms with E-state index in [1.807, 2.05) is 12.1 Å². The van der Waals surface area contributed by atoms with Crippen molar-refractivity contribution in [1.29, 1.82) is 0 Å². The smallest absolute Gasteiger partial charge is 0.257 e. The Morgan fingerprint density at radius 3 is 2.78 bits per heavy atom. The number of rotatable bonds is 4.